The summed E-state index contributed by atoms with van der Waals surface area (Å²) >= 11 is 0. The third-order valence-corrected chi connectivity index (χ3v) is 7.09. The van der Waals surface area contributed by atoms with Crippen LogP contribution in [0.3, 0.4) is 0 Å². The second-order valence-corrected chi connectivity index (χ2v) is 11.9. The lowest BCUT2D eigenvalue weighted by Crippen LogP contribution is -2.38. The van der Waals surface area contributed by atoms with E-state index in [-0.39, 0.29) is 29.5 Å². The fourth-order valence-corrected chi connectivity index (χ4v) is 5.26. The van der Waals surface area contributed by atoms with Crippen molar-refractivity contribution in [2.24, 2.45) is 11.3 Å². The van der Waals surface area contributed by atoms with Gasteiger partial charge in [-0.1, -0.05) is 39.8 Å². The topological polar surface area (TPSA) is 105 Å². The number of ether oxygens (including phenoxy) is 1. The molecule has 0 aliphatic carbocycles. The fourth-order valence-electron chi connectivity index (χ4n) is 4.81. The van der Waals surface area contributed by atoms with Crippen molar-refractivity contribution >= 4 is 33.4 Å². The first kappa shape index (κ1) is 24.1. The highest BCUT2D eigenvalue weighted by Gasteiger charge is 2.39. The van der Waals surface area contributed by atoms with Gasteiger partial charge in [-0.3, -0.25) is 9.69 Å². The van der Waals surface area contributed by atoms with Gasteiger partial charge in [-0.15, -0.1) is 0 Å². The van der Waals surface area contributed by atoms with Crippen molar-refractivity contribution < 1.29 is 22.7 Å². The zero-order valence-corrected chi connectivity index (χ0v) is 20.9. The molecule has 182 valence electrons. The molecule has 2 aromatic rings. The van der Waals surface area contributed by atoms with Crippen LogP contribution in [0.25, 0.3) is 0 Å². The Hall–Kier alpha value is -3.07. The maximum Gasteiger partial charge on any atom is 0.414 e. The molecule has 0 spiro atoms. The maximum atomic E-state index is 12.5. The number of carbonyl (C=O) groups excluding carboxylic acids is 2. The largest absolute Gasteiger partial charge is 0.447 e. The maximum absolute atomic E-state index is 12.5. The van der Waals surface area contributed by atoms with Crippen molar-refractivity contribution in [2.45, 2.75) is 46.2 Å². The standard InChI is InChI=1S/C25H31N3O5S/c1-15(2)21-14-33-24(30)28(21)19-8-6-7-16(12-19)22-25(3,4)13-18-11-17(9-10-20(18)26-22)23(29)27-34(5,31)32/h6-12,15,21-22,26H,13-14H2,1-5H3,(H,27,29)/t21-,22?/m0/s1. The van der Waals surface area contributed by atoms with E-state index in [1.54, 1.807) is 17.0 Å². The highest BCUT2D eigenvalue weighted by molar-refractivity contribution is 7.89. The van der Waals surface area contributed by atoms with Gasteiger partial charge >= 0.3 is 6.09 Å². The molecule has 0 saturated carbocycles. The van der Waals surface area contributed by atoms with Crippen molar-refractivity contribution in [3.63, 3.8) is 0 Å². The second-order valence-electron chi connectivity index (χ2n) is 10.2. The molecule has 4 rings (SSSR count). The van der Waals surface area contributed by atoms with Crippen molar-refractivity contribution in [1.82, 2.24) is 4.72 Å². The van der Waals surface area contributed by atoms with Crippen LogP contribution in [0.2, 0.25) is 0 Å². The summed E-state index contributed by atoms with van der Waals surface area (Å²) in [5.41, 5.74) is 3.78. The number of cyclic esters (lactones) is 1. The van der Waals surface area contributed by atoms with Crippen molar-refractivity contribution in [2.75, 3.05) is 23.1 Å². The Morgan fingerprint density at radius 3 is 2.62 bits per heavy atom. The molecule has 9 heteroatoms. The van der Waals surface area contributed by atoms with Gasteiger partial charge in [0, 0.05) is 16.9 Å². The predicted octanol–water partition coefficient (Wildman–Crippen LogP) is 4.09. The number of carbonyl (C=O) groups is 2. The molecular formula is C25H31N3O5S. The Morgan fingerprint density at radius 2 is 1.94 bits per heavy atom. The molecule has 2 heterocycles. The summed E-state index contributed by atoms with van der Waals surface area (Å²) in [5, 5.41) is 3.60. The van der Waals surface area contributed by atoms with Crippen molar-refractivity contribution in [3.8, 4) is 0 Å². The molecule has 2 aliphatic heterocycles. The summed E-state index contributed by atoms with van der Waals surface area (Å²) in [4.78, 5) is 26.5. The molecule has 2 aliphatic rings. The molecule has 2 amide bonds. The molecule has 2 atom stereocenters. The SMILES string of the molecule is CC(C)[C@@H]1COC(=O)N1c1cccc(C2Nc3ccc(C(=O)NS(C)(=O)=O)cc3CC2(C)C)c1. The number of anilines is 2. The first-order valence-electron chi connectivity index (χ1n) is 11.3. The lowest BCUT2D eigenvalue weighted by molar-refractivity contribution is 0.0981. The Kier molecular flexibility index (Phi) is 6.10. The van der Waals surface area contributed by atoms with Crippen LogP contribution < -0.4 is 14.9 Å². The van der Waals surface area contributed by atoms with Gasteiger partial charge in [0.15, 0.2) is 0 Å². The first-order chi connectivity index (χ1) is 15.9. The number of hydrogen-bond donors (Lipinski definition) is 2. The van der Waals surface area contributed by atoms with Crippen LogP contribution in [-0.4, -0.2) is 39.3 Å². The van der Waals surface area contributed by atoms with Crippen LogP contribution >= 0.6 is 0 Å². The normalized spacial score (nSPS) is 21.6. The van der Waals surface area contributed by atoms with Gasteiger partial charge in [0.1, 0.15) is 6.61 Å². The minimum absolute atomic E-state index is 0.00713. The van der Waals surface area contributed by atoms with Gasteiger partial charge in [-0.05, 0) is 59.2 Å². The average Bonchev–Trinajstić information content (AvgIpc) is 3.13. The number of hydrogen-bond acceptors (Lipinski definition) is 6. The monoisotopic (exact) mass is 485 g/mol. The van der Waals surface area contributed by atoms with E-state index in [1.807, 2.05) is 35.1 Å². The summed E-state index contributed by atoms with van der Waals surface area (Å²) < 4.78 is 30.2. The molecule has 1 saturated heterocycles. The molecular weight excluding hydrogens is 454 g/mol. The van der Waals surface area contributed by atoms with E-state index in [1.165, 1.54) is 0 Å². The molecule has 0 bridgehead atoms. The van der Waals surface area contributed by atoms with E-state index in [2.05, 4.69) is 33.0 Å². The van der Waals surface area contributed by atoms with Crippen LogP contribution in [0.15, 0.2) is 42.5 Å². The van der Waals surface area contributed by atoms with E-state index in [9.17, 15) is 18.0 Å². The van der Waals surface area contributed by atoms with Crippen molar-refractivity contribution in [1.29, 1.82) is 0 Å². The number of benzene rings is 2. The van der Waals surface area contributed by atoms with Gasteiger partial charge in [-0.2, -0.15) is 0 Å². The van der Waals surface area contributed by atoms with E-state index in [0.29, 0.717) is 18.6 Å². The summed E-state index contributed by atoms with van der Waals surface area (Å²) in [5.74, 6) is -0.379. The van der Waals surface area contributed by atoms with Gasteiger partial charge in [-0.25, -0.2) is 17.9 Å². The van der Waals surface area contributed by atoms with Crippen LogP contribution in [-0.2, 0) is 21.2 Å². The lowest BCUT2D eigenvalue weighted by Gasteiger charge is -2.41. The Morgan fingerprint density at radius 1 is 1.21 bits per heavy atom. The molecule has 34 heavy (non-hydrogen) atoms. The number of rotatable bonds is 5. The highest BCUT2D eigenvalue weighted by Crippen LogP contribution is 2.45. The van der Waals surface area contributed by atoms with Gasteiger partial charge in [0.05, 0.1) is 18.3 Å². The lowest BCUT2D eigenvalue weighted by atomic mass is 9.72. The van der Waals surface area contributed by atoms with Crippen molar-refractivity contribution in [3.05, 3.63) is 59.2 Å². The van der Waals surface area contributed by atoms with Crippen LogP contribution in [0.4, 0.5) is 16.2 Å². The number of nitrogens with zero attached hydrogens (tertiary/aromatic N) is 1. The summed E-state index contributed by atoms with van der Waals surface area (Å²) in [7, 11) is -3.64. The van der Waals surface area contributed by atoms with Crippen LogP contribution in [0, 0.1) is 11.3 Å². The Balaban J connectivity index is 1.63. The summed E-state index contributed by atoms with van der Waals surface area (Å²) in [6.45, 7) is 8.83. The molecule has 2 N–H and O–H groups in total. The molecule has 0 radical (unpaired) electrons. The van der Waals surface area contributed by atoms with Gasteiger partial charge in [0.2, 0.25) is 10.0 Å². The van der Waals surface area contributed by atoms with Gasteiger partial charge < -0.3 is 10.1 Å². The number of sulfonamides is 1. The minimum atomic E-state index is -3.64. The molecule has 0 aromatic heterocycles. The number of amides is 2. The van der Waals surface area contributed by atoms with Crippen LogP contribution in [0.5, 0.6) is 0 Å². The molecule has 1 unspecified atom stereocenters. The van der Waals surface area contributed by atoms with E-state index >= 15 is 0 Å². The Bertz CT molecular complexity index is 1240. The quantitative estimate of drug-likeness (QED) is 0.661. The smallest absolute Gasteiger partial charge is 0.414 e. The first-order valence-corrected chi connectivity index (χ1v) is 13.2. The molecule has 1 fully saturated rings. The van der Waals surface area contributed by atoms with E-state index in [0.717, 1.165) is 28.8 Å². The number of fused-ring (bicyclic) bond motifs is 1. The third-order valence-electron chi connectivity index (χ3n) is 6.53. The zero-order chi connectivity index (χ0) is 24.8. The third kappa shape index (κ3) is 4.75. The number of nitrogens with one attached hydrogen (secondary N) is 2. The van der Waals surface area contributed by atoms with Gasteiger partial charge in [0.25, 0.3) is 5.91 Å². The highest BCUT2D eigenvalue weighted by atomic mass is 32.2. The fraction of sp³-hybridized carbons (Fsp3) is 0.440. The van der Waals surface area contributed by atoms with E-state index < -0.39 is 15.9 Å². The molecule has 8 nitrogen and oxygen atoms in total. The Labute approximate surface area is 200 Å². The second kappa shape index (κ2) is 8.61. The average molecular weight is 486 g/mol. The molecule has 2 aromatic carbocycles. The van der Waals surface area contributed by atoms with Crippen LogP contribution in [0.1, 0.15) is 55.2 Å². The zero-order valence-electron chi connectivity index (χ0n) is 20.1. The summed E-state index contributed by atoms with van der Waals surface area (Å²) in [6.07, 6.45) is 1.32. The summed E-state index contributed by atoms with van der Waals surface area (Å²) in [6, 6.07) is 13.1. The predicted molar refractivity (Wildman–Crippen MR) is 131 cm³/mol. The van der Waals surface area contributed by atoms with E-state index in [4.69, 9.17) is 4.74 Å². The minimum Gasteiger partial charge on any atom is -0.447 e.